The predicted molar refractivity (Wildman–Crippen MR) is 59.0 cm³/mol. The molecule has 1 nitrogen and oxygen atoms in total. The van der Waals surface area contributed by atoms with Gasteiger partial charge < -0.3 is 0 Å². The van der Waals surface area contributed by atoms with Crippen LogP contribution in [0.25, 0.3) is 0 Å². The number of likely N-dealkylation sites (tertiary alicyclic amines) is 1. The second-order valence-corrected chi connectivity index (χ2v) is 4.60. The van der Waals surface area contributed by atoms with Crippen molar-refractivity contribution in [2.75, 3.05) is 6.54 Å². The summed E-state index contributed by atoms with van der Waals surface area (Å²) in [5.74, 6) is 0. The summed E-state index contributed by atoms with van der Waals surface area (Å²) in [5.41, 5.74) is 0. The molecule has 0 radical (unpaired) electrons. The van der Waals surface area contributed by atoms with Crippen molar-refractivity contribution < 1.29 is 0 Å². The molecule has 13 heavy (non-hydrogen) atoms. The molecule has 0 saturated carbocycles. The second kappa shape index (κ2) is 5.64. The van der Waals surface area contributed by atoms with Crippen LogP contribution in [-0.2, 0) is 0 Å². The zero-order valence-electron chi connectivity index (χ0n) is 9.55. The van der Waals surface area contributed by atoms with Gasteiger partial charge >= 0.3 is 0 Å². The van der Waals surface area contributed by atoms with Gasteiger partial charge in [0.15, 0.2) is 0 Å². The maximum Gasteiger partial charge on any atom is 0.00953 e. The first-order chi connectivity index (χ1) is 6.25. The third-order valence-electron chi connectivity index (χ3n) is 3.31. The van der Waals surface area contributed by atoms with E-state index >= 15 is 0 Å². The summed E-state index contributed by atoms with van der Waals surface area (Å²) in [6.45, 7) is 8.34. The first-order valence-electron chi connectivity index (χ1n) is 6.01. The van der Waals surface area contributed by atoms with E-state index in [0.717, 1.165) is 12.1 Å². The van der Waals surface area contributed by atoms with Crippen molar-refractivity contribution in [3.8, 4) is 0 Å². The van der Waals surface area contributed by atoms with Gasteiger partial charge in [0.25, 0.3) is 0 Å². The first-order valence-corrected chi connectivity index (χ1v) is 6.01. The van der Waals surface area contributed by atoms with Crippen LogP contribution >= 0.6 is 0 Å². The van der Waals surface area contributed by atoms with Crippen LogP contribution in [0.4, 0.5) is 0 Å². The highest BCUT2D eigenvalue weighted by Gasteiger charge is 2.20. The lowest BCUT2D eigenvalue weighted by molar-refractivity contribution is 0.127. The molecule has 1 heterocycles. The molecule has 1 saturated heterocycles. The fourth-order valence-corrected chi connectivity index (χ4v) is 2.49. The topological polar surface area (TPSA) is 3.24 Å². The normalized spacial score (nSPS) is 27.2. The van der Waals surface area contributed by atoms with Crippen LogP contribution in [0.5, 0.6) is 0 Å². The Morgan fingerprint density at radius 3 is 2.46 bits per heavy atom. The van der Waals surface area contributed by atoms with E-state index in [0.29, 0.717) is 0 Å². The van der Waals surface area contributed by atoms with Crippen molar-refractivity contribution >= 4 is 0 Å². The van der Waals surface area contributed by atoms with Crippen molar-refractivity contribution in [1.82, 2.24) is 4.90 Å². The van der Waals surface area contributed by atoms with E-state index in [4.69, 9.17) is 0 Å². The van der Waals surface area contributed by atoms with E-state index in [1.54, 1.807) is 0 Å². The lowest BCUT2D eigenvalue weighted by Gasteiger charge is -2.36. The summed E-state index contributed by atoms with van der Waals surface area (Å²) in [6, 6.07) is 1.60. The highest BCUT2D eigenvalue weighted by Crippen LogP contribution is 2.20. The van der Waals surface area contributed by atoms with Gasteiger partial charge in [0.05, 0.1) is 0 Å². The van der Waals surface area contributed by atoms with Crippen molar-refractivity contribution in [1.29, 1.82) is 0 Å². The zero-order valence-corrected chi connectivity index (χ0v) is 9.55. The van der Waals surface area contributed by atoms with E-state index in [1.807, 2.05) is 0 Å². The van der Waals surface area contributed by atoms with Crippen molar-refractivity contribution in [2.45, 2.75) is 71.4 Å². The molecule has 0 aromatic heterocycles. The van der Waals surface area contributed by atoms with Gasteiger partial charge in [-0.1, -0.05) is 26.2 Å². The SMILES string of the molecule is CCC1CCCCCCN1C(C)C. The molecular weight excluding hydrogens is 158 g/mol. The Kier molecular flexibility index (Phi) is 4.79. The Morgan fingerprint density at radius 2 is 1.85 bits per heavy atom. The number of hydrogen-bond acceptors (Lipinski definition) is 1. The molecule has 1 rings (SSSR count). The number of nitrogens with zero attached hydrogens (tertiary/aromatic N) is 1. The Balaban J connectivity index is 2.50. The third-order valence-corrected chi connectivity index (χ3v) is 3.31. The monoisotopic (exact) mass is 183 g/mol. The lowest BCUT2D eigenvalue weighted by atomic mass is 9.99. The molecule has 78 valence electrons. The fraction of sp³-hybridized carbons (Fsp3) is 1.00. The van der Waals surface area contributed by atoms with E-state index in [1.165, 1.54) is 45.1 Å². The summed E-state index contributed by atoms with van der Waals surface area (Å²) in [5, 5.41) is 0. The van der Waals surface area contributed by atoms with Crippen LogP contribution in [0.2, 0.25) is 0 Å². The van der Waals surface area contributed by atoms with Crippen LogP contribution in [0.15, 0.2) is 0 Å². The number of hydrogen-bond donors (Lipinski definition) is 0. The summed E-state index contributed by atoms with van der Waals surface area (Å²) < 4.78 is 0. The smallest absolute Gasteiger partial charge is 0.00953 e. The largest absolute Gasteiger partial charge is 0.298 e. The Hall–Kier alpha value is -0.0400. The molecule has 0 spiro atoms. The van der Waals surface area contributed by atoms with Crippen LogP contribution in [0.3, 0.4) is 0 Å². The van der Waals surface area contributed by atoms with E-state index < -0.39 is 0 Å². The highest BCUT2D eigenvalue weighted by molar-refractivity contribution is 4.75. The zero-order chi connectivity index (χ0) is 9.68. The summed E-state index contributed by atoms with van der Waals surface area (Å²) in [6.07, 6.45) is 8.52. The molecule has 1 unspecified atom stereocenters. The standard InChI is InChI=1S/C12H25N/c1-4-12-9-7-5-6-8-10-13(12)11(2)3/h11-12H,4-10H2,1-3H3. The minimum absolute atomic E-state index is 0.739. The van der Waals surface area contributed by atoms with E-state index in [9.17, 15) is 0 Å². The Morgan fingerprint density at radius 1 is 1.15 bits per heavy atom. The molecular formula is C12H25N. The van der Waals surface area contributed by atoms with Crippen molar-refractivity contribution in [2.24, 2.45) is 0 Å². The van der Waals surface area contributed by atoms with Gasteiger partial charge in [-0.15, -0.1) is 0 Å². The molecule has 1 atom stereocenters. The molecule has 0 bridgehead atoms. The van der Waals surface area contributed by atoms with Crippen molar-refractivity contribution in [3.05, 3.63) is 0 Å². The highest BCUT2D eigenvalue weighted by atomic mass is 15.2. The molecule has 0 aromatic rings. The molecule has 0 amide bonds. The first kappa shape index (κ1) is 11.0. The van der Waals surface area contributed by atoms with Gasteiger partial charge in [-0.2, -0.15) is 0 Å². The summed E-state index contributed by atoms with van der Waals surface area (Å²) in [4.78, 5) is 2.71. The molecule has 0 N–H and O–H groups in total. The molecule has 0 aromatic carbocycles. The minimum atomic E-state index is 0.739. The van der Waals surface area contributed by atoms with Crippen molar-refractivity contribution in [3.63, 3.8) is 0 Å². The molecule has 1 aliphatic rings. The van der Waals surface area contributed by atoms with E-state index in [2.05, 4.69) is 25.7 Å². The molecule has 1 fully saturated rings. The van der Waals surface area contributed by atoms with Gasteiger partial charge in [0.2, 0.25) is 0 Å². The van der Waals surface area contributed by atoms with E-state index in [-0.39, 0.29) is 0 Å². The van der Waals surface area contributed by atoms with Gasteiger partial charge in [0.1, 0.15) is 0 Å². The van der Waals surface area contributed by atoms with Crippen LogP contribution < -0.4 is 0 Å². The van der Waals surface area contributed by atoms with Gasteiger partial charge in [-0.25, -0.2) is 0 Å². The molecule has 0 aliphatic carbocycles. The minimum Gasteiger partial charge on any atom is -0.298 e. The maximum absolute atomic E-state index is 2.71. The Labute approximate surface area is 83.5 Å². The third kappa shape index (κ3) is 3.30. The number of rotatable bonds is 2. The summed E-state index contributed by atoms with van der Waals surface area (Å²) >= 11 is 0. The fourth-order valence-electron chi connectivity index (χ4n) is 2.49. The second-order valence-electron chi connectivity index (χ2n) is 4.60. The van der Waals surface area contributed by atoms with Gasteiger partial charge in [0, 0.05) is 12.1 Å². The lowest BCUT2D eigenvalue weighted by Crippen LogP contribution is -2.41. The quantitative estimate of drug-likeness (QED) is 0.634. The Bertz CT molecular complexity index is 131. The van der Waals surface area contributed by atoms with Crippen LogP contribution in [-0.4, -0.2) is 23.5 Å². The molecule has 1 aliphatic heterocycles. The maximum atomic E-state index is 2.71. The average molecular weight is 183 g/mol. The van der Waals surface area contributed by atoms with Gasteiger partial charge in [-0.05, 0) is 39.7 Å². The van der Waals surface area contributed by atoms with Crippen LogP contribution in [0.1, 0.15) is 59.3 Å². The predicted octanol–water partition coefficient (Wildman–Crippen LogP) is 3.44. The van der Waals surface area contributed by atoms with Crippen LogP contribution in [0, 0.1) is 0 Å². The van der Waals surface area contributed by atoms with Gasteiger partial charge in [-0.3, -0.25) is 4.90 Å². The molecule has 1 heteroatoms. The summed E-state index contributed by atoms with van der Waals surface area (Å²) in [7, 11) is 0. The average Bonchev–Trinajstić information content (AvgIpc) is 2.03.